The number of likely N-dealkylation sites (tertiary alicyclic amines) is 1. The van der Waals surface area contributed by atoms with Crippen LogP contribution < -0.4 is 5.32 Å². The number of piperidine rings is 1. The number of methoxy groups -OCH3 is 1. The maximum Gasteiger partial charge on any atom is 0.357 e. The van der Waals surface area contributed by atoms with Crippen LogP contribution in [-0.2, 0) is 4.74 Å². The van der Waals surface area contributed by atoms with Gasteiger partial charge in [0.05, 0.1) is 7.11 Å². The molecule has 2 unspecified atom stereocenters. The van der Waals surface area contributed by atoms with Gasteiger partial charge < -0.3 is 15.0 Å². The molecule has 2 rings (SSSR count). The zero-order chi connectivity index (χ0) is 13.1. The third kappa shape index (κ3) is 3.00. The molecule has 0 aliphatic carbocycles. The van der Waals surface area contributed by atoms with Gasteiger partial charge in [-0.1, -0.05) is 6.92 Å². The first-order chi connectivity index (χ1) is 8.60. The van der Waals surface area contributed by atoms with Crippen molar-refractivity contribution in [3.63, 3.8) is 0 Å². The molecule has 0 amide bonds. The molecule has 100 valence electrons. The number of ether oxygens (including phenoxy) is 1. The summed E-state index contributed by atoms with van der Waals surface area (Å²) in [6.45, 7) is 4.42. The molecule has 5 nitrogen and oxygen atoms in total. The topological polar surface area (TPSA) is 54.5 Å². The summed E-state index contributed by atoms with van der Waals surface area (Å²) < 4.78 is 4.65. The smallest absolute Gasteiger partial charge is 0.357 e. The summed E-state index contributed by atoms with van der Waals surface area (Å²) in [5, 5.41) is 5.96. The molecule has 0 aromatic carbocycles. The lowest BCUT2D eigenvalue weighted by Gasteiger charge is -2.35. The number of esters is 1. The van der Waals surface area contributed by atoms with Gasteiger partial charge >= 0.3 is 5.97 Å². The molecule has 1 fully saturated rings. The van der Waals surface area contributed by atoms with E-state index in [1.165, 1.54) is 18.4 Å². The van der Waals surface area contributed by atoms with Crippen molar-refractivity contribution >= 4 is 22.4 Å². The number of nitrogens with zero attached hydrogens (tertiary/aromatic N) is 2. The van der Waals surface area contributed by atoms with Gasteiger partial charge in [-0.05, 0) is 25.9 Å². The third-order valence-electron chi connectivity index (χ3n) is 3.32. The van der Waals surface area contributed by atoms with Crippen LogP contribution in [0.3, 0.4) is 0 Å². The van der Waals surface area contributed by atoms with E-state index in [1.54, 1.807) is 5.38 Å². The average Bonchev–Trinajstić information content (AvgIpc) is 2.80. The quantitative estimate of drug-likeness (QED) is 0.846. The largest absolute Gasteiger partial charge is 0.464 e. The Morgan fingerprint density at radius 1 is 1.67 bits per heavy atom. The summed E-state index contributed by atoms with van der Waals surface area (Å²) in [6.07, 6.45) is 1.10. The standard InChI is InChI=1S/C12H19N3O2S/c1-8-6-15(2)5-4-9(8)13-12-14-10(7-18-12)11(16)17-3/h7-9H,4-6H2,1-3H3,(H,13,14). The average molecular weight is 269 g/mol. The maximum atomic E-state index is 11.3. The van der Waals surface area contributed by atoms with Crippen molar-refractivity contribution in [1.82, 2.24) is 9.88 Å². The van der Waals surface area contributed by atoms with Crippen molar-refractivity contribution in [2.75, 3.05) is 32.6 Å². The monoisotopic (exact) mass is 269 g/mol. The number of thiazole rings is 1. The van der Waals surface area contributed by atoms with Gasteiger partial charge in [0.15, 0.2) is 10.8 Å². The Bertz CT molecular complexity index is 421. The highest BCUT2D eigenvalue weighted by molar-refractivity contribution is 7.13. The second kappa shape index (κ2) is 5.67. The Labute approximate surface area is 111 Å². The van der Waals surface area contributed by atoms with Crippen molar-refractivity contribution in [1.29, 1.82) is 0 Å². The third-order valence-corrected chi connectivity index (χ3v) is 4.09. The molecular formula is C12H19N3O2S. The van der Waals surface area contributed by atoms with E-state index < -0.39 is 0 Å². The molecule has 0 spiro atoms. The number of hydrogen-bond acceptors (Lipinski definition) is 6. The summed E-state index contributed by atoms with van der Waals surface area (Å²) in [4.78, 5) is 17.9. The van der Waals surface area contributed by atoms with Crippen LogP contribution in [0.4, 0.5) is 5.13 Å². The fourth-order valence-electron chi connectivity index (χ4n) is 2.27. The predicted octanol–water partition coefficient (Wildman–Crippen LogP) is 1.68. The zero-order valence-corrected chi connectivity index (χ0v) is 11.8. The van der Waals surface area contributed by atoms with Crippen LogP contribution in [0.5, 0.6) is 0 Å². The van der Waals surface area contributed by atoms with Gasteiger partial charge in [-0.25, -0.2) is 9.78 Å². The van der Waals surface area contributed by atoms with Crippen LogP contribution in [0.2, 0.25) is 0 Å². The molecule has 18 heavy (non-hydrogen) atoms. The number of nitrogens with one attached hydrogen (secondary N) is 1. The van der Waals surface area contributed by atoms with Crippen molar-refractivity contribution < 1.29 is 9.53 Å². The summed E-state index contributed by atoms with van der Waals surface area (Å²) in [7, 11) is 3.51. The minimum absolute atomic E-state index is 0.379. The Balaban J connectivity index is 1.97. The molecule has 1 N–H and O–H groups in total. The van der Waals surface area contributed by atoms with E-state index in [0.29, 0.717) is 17.7 Å². The highest BCUT2D eigenvalue weighted by Crippen LogP contribution is 2.23. The molecule has 0 radical (unpaired) electrons. The van der Waals surface area contributed by atoms with Crippen LogP contribution in [-0.4, -0.2) is 49.1 Å². The molecule has 0 saturated carbocycles. The first-order valence-corrected chi connectivity index (χ1v) is 6.97. The molecule has 0 bridgehead atoms. The fraction of sp³-hybridized carbons (Fsp3) is 0.667. The van der Waals surface area contributed by atoms with Crippen LogP contribution in [0.25, 0.3) is 0 Å². The zero-order valence-electron chi connectivity index (χ0n) is 11.0. The molecule has 2 heterocycles. The number of carbonyl (C=O) groups excluding carboxylic acids is 1. The van der Waals surface area contributed by atoms with Gasteiger partial charge in [0, 0.05) is 18.0 Å². The summed E-state index contributed by atoms with van der Waals surface area (Å²) >= 11 is 1.45. The van der Waals surface area contributed by atoms with Gasteiger partial charge in [-0.15, -0.1) is 11.3 Å². The minimum Gasteiger partial charge on any atom is -0.464 e. The first kappa shape index (κ1) is 13.3. The molecule has 1 saturated heterocycles. The van der Waals surface area contributed by atoms with E-state index >= 15 is 0 Å². The van der Waals surface area contributed by atoms with E-state index in [2.05, 4.69) is 33.9 Å². The van der Waals surface area contributed by atoms with Gasteiger partial charge in [0.25, 0.3) is 0 Å². The molecule has 1 aliphatic heterocycles. The number of anilines is 1. The van der Waals surface area contributed by atoms with E-state index in [-0.39, 0.29) is 5.97 Å². The van der Waals surface area contributed by atoms with Crippen LogP contribution in [0, 0.1) is 5.92 Å². The maximum absolute atomic E-state index is 11.3. The van der Waals surface area contributed by atoms with E-state index in [0.717, 1.165) is 24.6 Å². The van der Waals surface area contributed by atoms with Crippen molar-refractivity contribution in [2.24, 2.45) is 5.92 Å². The molecule has 6 heteroatoms. The Kier molecular flexibility index (Phi) is 4.19. The normalized spacial score (nSPS) is 24.8. The summed E-state index contributed by atoms with van der Waals surface area (Å²) in [5.74, 6) is 0.199. The molecule has 2 atom stereocenters. The summed E-state index contributed by atoms with van der Waals surface area (Å²) in [5.41, 5.74) is 0.380. The van der Waals surface area contributed by atoms with Gasteiger partial charge in [0.1, 0.15) is 0 Å². The molecule has 1 aliphatic rings. The van der Waals surface area contributed by atoms with Crippen LogP contribution >= 0.6 is 11.3 Å². The number of rotatable bonds is 3. The molecule has 1 aromatic heterocycles. The molecular weight excluding hydrogens is 250 g/mol. The van der Waals surface area contributed by atoms with Crippen LogP contribution in [0.15, 0.2) is 5.38 Å². The van der Waals surface area contributed by atoms with Crippen LogP contribution in [0.1, 0.15) is 23.8 Å². The van der Waals surface area contributed by atoms with Gasteiger partial charge in [0.2, 0.25) is 0 Å². The van der Waals surface area contributed by atoms with E-state index in [1.807, 2.05) is 0 Å². The van der Waals surface area contributed by atoms with Crippen molar-refractivity contribution in [3.05, 3.63) is 11.1 Å². The highest BCUT2D eigenvalue weighted by Gasteiger charge is 2.25. The SMILES string of the molecule is COC(=O)c1csc(NC2CCN(C)CC2C)n1. The lowest BCUT2D eigenvalue weighted by Crippen LogP contribution is -2.43. The number of aromatic nitrogens is 1. The highest BCUT2D eigenvalue weighted by atomic mass is 32.1. The lowest BCUT2D eigenvalue weighted by atomic mass is 9.94. The Morgan fingerprint density at radius 3 is 3.11 bits per heavy atom. The Hall–Kier alpha value is -1.14. The number of hydrogen-bond donors (Lipinski definition) is 1. The van der Waals surface area contributed by atoms with E-state index in [4.69, 9.17) is 0 Å². The van der Waals surface area contributed by atoms with E-state index in [9.17, 15) is 4.79 Å². The predicted molar refractivity (Wildman–Crippen MR) is 72.1 cm³/mol. The summed E-state index contributed by atoms with van der Waals surface area (Å²) in [6, 6.07) is 0.429. The van der Waals surface area contributed by atoms with Crippen molar-refractivity contribution in [3.8, 4) is 0 Å². The number of carbonyl (C=O) groups is 1. The van der Waals surface area contributed by atoms with Gasteiger partial charge in [-0.2, -0.15) is 0 Å². The second-order valence-corrected chi connectivity index (χ2v) is 5.67. The first-order valence-electron chi connectivity index (χ1n) is 6.09. The van der Waals surface area contributed by atoms with Gasteiger partial charge in [-0.3, -0.25) is 0 Å². The minimum atomic E-state index is -0.379. The Morgan fingerprint density at radius 2 is 2.44 bits per heavy atom. The fourth-order valence-corrected chi connectivity index (χ4v) is 3.01. The second-order valence-electron chi connectivity index (χ2n) is 4.81. The lowest BCUT2D eigenvalue weighted by molar-refractivity contribution is 0.0595. The van der Waals surface area contributed by atoms with Crippen molar-refractivity contribution in [2.45, 2.75) is 19.4 Å². The molecule has 1 aromatic rings.